The molecule has 0 saturated carbocycles. The van der Waals surface area contributed by atoms with E-state index >= 15 is 0 Å². The first-order chi connectivity index (χ1) is 14.5. The molecule has 9 heteroatoms. The number of aryl methyl sites for hydroxylation is 1. The number of ether oxygens (including phenoxy) is 1. The summed E-state index contributed by atoms with van der Waals surface area (Å²) in [4.78, 5) is 10.9. The smallest absolute Gasteiger partial charge is 0.258 e. The summed E-state index contributed by atoms with van der Waals surface area (Å²) >= 11 is 0. The van der Waals surface area contributed by atoms with E-state index in [1.165, 1.54) is 0 Å². The molecule has 2 aromatic carbocycles. The van der Waals surface area contributed by atoms with Crippen molar-refractivity contribution in [3.05, 3.63) is 59.9 Å². The van der Waals surface area contributed by atoms with E-state index < -0.39 is 6.86 Å². The van der Waals surface area contributed by atoms with Crippen LogP contribution in [0, 0.1) is 6.92 Å². The van der Waals surface area contributed by atoms with E-state index in [1.54, 1.807) is 24.3 Å². The van der Waals surface area contributed by atoms with Gasteiger partial charge in [-0.25, -0.2) is 14.1 Å². The Morgan fingerprint density at radius 2 is 1.87 bits per heavy atom. The zero-order valence-electron chi connectivity index (χ0n) is 16.9. The number of hydrogen-bond acceptors (Lipinski definition) is 7. The Labute approximate surface area is 172 Å². The van der Waals surface area contributed by atoms with Crippen LogP contribution in [0.1, 0.15) is 11.4 Å². The Bertz CT molecular complexity index is 1140. The minimum absolute atomic E-state index is 0.304. The number of anilines is 1. The number of halogens is 1. The van der Waals surface area contributed by atoms with Crippen molar-refractivity contribution < 1.29 is 13.7 Å². The molecule has 8 nitrogen and oxygen atoms in total. The number of alkyl halides is 1. The van der Waals surface area contributed by atoms with Crippen LogP contribution in [-0.2, 0) is 6.54 Å². The van der Waals surface area contributed by atoms with Crippen LogP contribution in [0.2, 0.25) is 0 Å². The lowest BCUT2D eigenvalue weighted by Gasteiger charge is -2.13. The predicted octanol–water partition coefficient (Wildman–Crippen LogP) is 3.72. The van der Waals surface area contributed by atoms with Gasteiger partial charge in [-0.3, -0.25) is 0 Å². The first-order valence-electron chi connectivity index (χ1n) is 9.34. The third-order valence-electron chi connectivity index (χ3n) is 4.56. The average Bonchev–Trinajstić information content (AvgIpc) is 3.36. The van der Waals surface area contributed by atoms with Crippen LogP contribution in [0.25, 0.3) is 23.1 Å². The average molecular weight is 408 g/mol. The van der Waals surface area contributed by atoms with Gasteiger partial charge >= 0.3 is 0 Å². The summed E-state index contributed by atoms with van der Waals surface area (Å²) in [7, 11) is 4.01. The summed E-state index contributed by atoms with van der Waals surface area (Å²) < 4.78 is 24.2. The van der Waals surface area contributed by atoms with Crippen LogP contribution in [0.15, 0.2) is 53.1 Å². The number of benzene rings is 2. The second-order valence-electron chi connectivity index (χ2n) is 6.91. The summed E-state index contributed by atoms with van der Waals surface area (Å²) in [6.45, 7) is 1.59. The Morgan fingerprint density at radius 1 is 1.07 bits per heavy atom. The fourth-order valence-corrected chi connectivity index (χ4v) is 2.96. The molecular weight excluding hydrogens is 387 g/mol. The van der Waals surface area contributed by atoms with Crippen LogP contribution in [0.5, 0.6) is 5.75 Å². The minimum Gasteiger partial charge on any atom is -0.463 e. The summed E-state index contributed by atoms with van der Waals surface area (Å²) in [5.74, 6) is 2.20. The molecule has 0 aliphatic heterocycles. The van der Waals surface area contributed by atoms with E-state index in [-0.39, 0.29) is 0 Å². The van der Waals surface area contributed by atoms with Crippen molar-refractivity contribution in [2.45, 2.75) is 13.5 Å². The standard InChI is InChI=1S/C21H21FN6O2/c1-14-23-19(25-28(14)12-15-5-4-6-17(11-15)27(2)3)20-24-21(30-26-20)16-7-9-18(10-8-16)29-13-22/h4-11H,12-13H2,1-3H3. The molecule has 0 aliphatic rings. The van der Waals surface area contributed by atoms with E-state index in [0.29, 0.717) is 35.4 Å². The first-order valence-corrected chi connectivity index (χ1v) is 9.34. The molecule has 0 N–H and O–H groups in total. The Hall–Kier alpha value is -3.75. The highest BCUT2D eigenvalue weighted by Gasteiger charge is 2.16. The van der Waals surface area contributed by atoms with Gasteiger partial charge in [-0.1, -0.05) is 17.3 Å². The van der Waals surface area contributed by atoms with Crippen LogP contribution >= 0.6 is 0 Å². The fourth-order valence-electron chi connectivity index (χ4n) is 2.96. The maximum absolute atomic E-state index is 12.2. The van der Waals surface area contributed by atoms with Gasteiger partial charge in [0, 0.05) is 25.3 Å². The van der Waals surface area contributed by atoms with Gasteiger partial charge in [-0.15, -0.1) is 5.10 Å². The maximum atomic E-state index is 12.2. The highest BCUT2D eigenvalue weighted by molar-refractivity contribution is 5.57. The molecule has 0 unspecified atom stereocenters. The molecule has 2 heterocycles. The lowest BCUT2D eigenvalue weighted by Crippen LogP contribution is -2.10. The number of rotatable bonds is 7. The van der Waals surface area contributed by atoms with Gasteiger partial charge in [0.15, 0.2) is 0 Å². The van der Waals surface area contributed by atoms with E-state index in [0.717, 1.165) is 17.1 Å². The molecule has 0 spiro atoms. The van der Waals surface area contributed by atoms with Crippen molar-refractivity contribution in [3.8, 4) is 28.9 Å². The summed E-state index contributed by atoms with van der Waals surface area (Å²) in [5, 5.41) is 8.54. The second-order valence-corrected chi connectivity index (χ2v) is 6.91. The molecule has 4 rings (SSSR count). The van der Waals surface area contributed by atoms with Crippen LogP contribution in [-0.4, -0.2) is 45.9 Å². The monoisotopic (exact) mass is 408 g/mol. The first kappa shape index (κ1) is 19.6. The molecule has 0 aliphatic carbocycles. The van der Waals surface area contributed by atoms with Crippen molar-refractivity contribution in [2.75, 3.05) is 25.9 Å². The van der Waals surface area contributed by atoms with E-state index in [9.17, 15) is 4.39 Å². The number of hydrogen-bond donors (Lipinski definition) is 0. The second kappa shape index (κ2) is 8.32. The number of aromatic nitrogens is 5. The quantitative estimate of drug-likeness (QED) is 0.461. The van der Waals surface area contributed by atoms with Crippen molar-refractivity contribution >= 4 is 5.69 Å². The highest BCUT2D eigenvalue weighted by atomic mass is 19.1. The SMILES string of the molecule is Cc1nc(-c2noc(-c3ccc(OCF)cc3)n2)nn1Cc1cccc(N(C)C)c1. The van der Waals surface area contributed by atoms with E-state index in [2.05, 4.69) is 43.3 Å². The van der Waals surface area contributed by atoms with Crippen molar-refractivity contribution in [2.24, 2.45) is 0 Å². The molecular formula is C21H21FN6O2. The van der Waals surface area contributed by atoms with Gasteiger partial charge in [0.2, 0.25) is 18.5 Å². The third-order valence-corrected chi connectivity index (χ3v) is 4.56. The van der Waals surface area contributed by atoms with Gasteiger partial charge in [-0.05, 0) is 48.9 Å². The molecule has 0 atom stereocenters. The van der Waals surface area contributed by atoms with Crippen LogP contribution in [0.4, 0.5) is 10.1 Å². The summed E-state index contributed by atoms with van der Waals surface area (Å²) in [5.41, 5.74) is 2.93. The highest BCUT2D eigenvalue weighted by Crippen LogP contribution is 2.23. The van der Waals surface area contributed by atoms with E-state index in [4.69, 9.17) is 9.26 Å². The molecule has 0 radical (unpaired) electrons. The maximum Gasteiger partial charge on any atom is 0.258 e. The third kappa shape index (κ3) is 4.14. The van der Waals surface area contributed by atoms with Crippen molar-refractivity contribution in [3.63, 3.8) is 0 Å². The fraction of sp³-hybridized carbons (Fsp3) is 0.238. The van der Waals surface area contributed by atoms with Crippen LogP contribution in [0.3, 0.4) is 0 Å². The Morgan fingerprint density at radius 3 is 2.60 bits per heavy atom. The molecule has 0 amide bonds. The topological polar surface area (TPSA) is 82.1 Å². The van der Waals surface area contributed by atoms with Gasteiger partial charge in [0.05, 0.1) is 6.54 Å². The van der Waals surface area contributed by atoms with Crippen molar-refractivity contribution in [1.82, 2.24) is 24.9 Å². The summed E-state index contributed by atoms with van der Waals surface area (Å²) in [6.07, 6.45) is 0. The Kier molecular flexibility index (Phi) is 5.42. The Balaban J connectivity index is 1.54. The van der Waals surface area contributed by atoms with Gasteiger partial charge in [-0.2, -0.15) is 4.98 Å². The molecule has 30 heavy (non-hydrogen) atoms. The molecule has 0 saturated heterocycles. The summed E-state index contributed by atoms with van der Waals surface area (Å²) in [6, 6.07) is 15.0. The van der Waals surface area contributed by atoms with Gasteiger partial charge < -0.3 is 14.2 Å². The lowest BCUT2D eigenvalue weighted by molar-refractivity contribution is 0.192. The molecule has 2 aromatic heterocycles. The minimum atomic E-state index is -0.878. The van der Waals surface area contributed by atoms with Gasteiger partial charge in [0.1, 0.15) is 11.6 Å². The largest absolute Gasteiger partial charge is 0.463 e. The lowest BCUT2D eigenvalue weighted by atomic mass is 10.2. The predicted molar refractivity (Wildman–Crippen MR) is 110 cm³/mol. The zero-order chi connectivity index (χ0) is 21.1. The van der Waals surface area contributed by atoms with E-state index in [1.807, 2.05) is 31.8 Å². The van der Waals surface area contributed by atoms with Crippen LogP contribution < -0.4 is 9.64 Å². The molecule has 0 fully saturated rings. The molecule has 0 bridgehead atoms. The molecule has 154 valence electrons. The molecule has 4 aromatic rings. The normalized spacial score (nSPS) is 10.9. The van der Waals surface area contributed by atoms with Gasteiger partial charge in [0.25, 0.3) is 5.89 Å². The van der Waals surface area contributed by atoms with Crippen molar-refractivity contribution in [1.29, 1.82) is 0 Å². The number of nitrogens with zero attached hydrogens (tertiary/aromatic N) is 6. The zero-order valence-corrected chi connectivity index (χ0v) is 16.9.